The number of rotatable bonds is 2. The molecule has 0 amide bonds. The van der Waals surface area contributed by atoms with Gasteiger partial charge in [-0.2, -0.15) is 0 Å². The molecule has 3 heterocycles. The summed E-state index contributed by atoms with van der Waals surface area (Å²) in [6, 6.07) is 0. The van der Waals surface area contributed by atoms with Crippen molar-refractivity contribution in [3.05, 3.63) is 12.0 Å². The van der Waals surface area contributed by atoms with Gasteiger partial charge >= 0.3 is 122 Å². The Labute approximate surface area is 122 Å². The third kappa shape index (κ3) is 2.03. The molecular weight excluding hydrogens is 331 g/mol. The van der Waals surface area contributed by atoms with E-state index in [0.29, 0.717) is 21.5 Å². The topological polar surface area (TPSA) is 114 Å². The Morgan fingerprint density at radius 2 is 2.10 bits per heavy atom. The number of hydrogen-bond donors (Lipinski definition) is 3. The number of aromatic nitrogens is 4. The molecule has 20 heavy (non-hydrogen) atoms. The zero-order chi connectivity index (χ0) is 14.4. The molecule has 1 saturated heterocycles. The molecule has 2 aromatic heterocycles. The number of aliphatic hydroxyl groups is 3. The van der Waals surface area contributed by atoms with Crippen LogP contribution in [0.3, 0.4) is 0 Å². The first-order chi connectivity index (χ1) is 9.52. The molecule has 9 heteroatoms. The minimum absolute atomic E-state index is 0.380. The number of nitrogens with zero attached hydrogens (tertiary/aromatic N) is 4. The van der Waals surface area contributed by atoms with E-state index >= 15 is 0 Å². The van der Waals surface area contributed by atoms with E-state index < -0.39 is 24.5 Å². The Hall–Kier alpha value is -1.09. The van der Waals surface area contributed by atoms with E-state index in [0.717, 1.165) is 0 Å². The van der Waals surface area contributed by atoms with Gasteiger partial charge in [0.1, 0.15) is 0 Å². The summed E-state index contributed by atoms with van der Waals surface area (Å²) in [7, 11) is 0. The first kappa shape index (κ1) is 13.9. The van der Waals surface area contributed by atoms with Crippen LogP contribution < -0.4 is 4.59 Å². The van der Waals surface area contributed by atoms with Crippen molar-refractivity contribution in [1.29, 1.82) is 0 Å². The molecule has 8 nitrogen and oxygen atoms in total. The molecule has 0 spiro atoms. The third-order valence-corrected chi connectivity index (χ3v) is 3.94. The molecule has 1 fully saturated rings. The Bertz CT molecular complexity index is 649. The maximum absolute atomic E-state index is 10.0. The number of hydrogen-bond acceptors (Lipinski definition) is 7. The van der Waals surface area contributed by atoms with Crippen molar-refractivity contribution in [2.24, 2.45) is 0 Å². The van der Waals surface area contributed by atoms with Crippen LogP contribution in [0, 0.1) is 6.92 Å². The van der Waals surface area contributed by atoms with Crippen LogP contribution in [0.1, 0.15) is 12.1 Å². The Balaban J connectivity index is 2.07. The van der Waals surface area contributed by atoms with Crippen molar-refractivity contribution in [1.82, 2.24) is 19.7 Å². The summed E-state index contributed by atoms with van der Waals surface area (Å²) in [6.45, 7) is 1.36. The predicted molar refractivity (Wildman–Crippen MR) is 68.5 cm³/mol. The minimum atomic E-state index is -1.19. The zero-order valence-electron chi connectivity index (χ0n) is 10.5. The van der Waals surface area contributed by atoms with Crippen LogP contribution in [0.25, 0.3) is 11.0 Å². The van der Waals surface area contributed by atoms with Crippen LogP contribution in [0.2, 0.25) is 0 Å². The van der Waals surface area contributed by atoms with E-state index in [4.69, 9.17) is 9.84 Å². The summed E-state index contributed by atoms with van der Waals surface area (Å²) in [5.41, 5.74) is 0.501. The average Bonchev–Trinajstić information content (AvgIpc) is 2.93. The molecule has 1 radical (unpaired) electrons. The van der Waals surface area contributed by atoms with Crippen LogP contribution >= 0.6 is 0 Å². The van der Waals surface area contributed by atoms with Crippen LogP contribution in [0.15, 0.2) is 6.20 Å². The first-order valence-corrected chi connectivity index (χ1v) is 6.90. The molecule has 0 aliphatic carbocycles. The van der Waals surface area contributed by atoms with Gasteiger partial charge in [-0.05, 0) is 0 Å². The number of ether oxygens (including phenoxy) is 1. The van der Waals surface area contributed by atoms with Crippen molar-refractivity contribution in [3.8, 4) is 0 Å². The molecule has 4 atom stereocenters. The molecule has 3 rings (SSSR count). The van der Waals surface area contributed by atoms with Crippen molar-refractivity contribution in [3.63, 3.8) is 0 Å². The molecule has 3 N–H and O–H groups in total. The normalized spacial score (nSPS) is 30.2. The summed E-state index contributed by atoms with van der Waals surface area (Å²) in [4.78, 5) is 8.48. The molecule has 0 saturated carbocycles. The quantitative estimate of drug-likeness (QED) is 0.518. The van der Waals surface area contributed by atoms with Gasteiger partial charge in [0.25, 0.3) is 0 Å². The standard InChI is InChI=1S/C11H13N4O4Se/c1-4-13-9-5(10(20)14-4)2-12-15(9)11-8(18)7(17)6(3-16)19-11/h2,6-8,11,16-18H,3H2,1H3/t6-,7-,8-,11?/m1/s1. The monoisotopic (exact) mass is 345 g/mol. The van der Waals surface area contributed by atoms with Gasteiger partial charge in [-0.1, -0.05) is 0 Å². The second-order valence-corrected chi connectivity index (χ2v) is 5.44. The molecule has 1 aliphatic heterocycles. The van der Waals surface area contributed by atoms with Gasteiger partial charge in [0.05, 0.1) is 0 Å². The summed E-state index contributed by atoms with van der Waals surface area (Å²) in [6.07, 6.45) is -2.53. The van der Waals surface area contributed by atoms with Crippen molar-refractivity contribution >= 4 is 31.6 Å². The number of aryl methyl sites for hydroxylation is 1. The van der Waals surface area contributed by atoms with Gasteiger partial charge in [-0.3, -0.25) is 0 Å². The second kappa shape index (κ2) is 5.03. The molecule has 107 valence electrons. The van der Waals surface area contributed by atoms with E-state index in [2.05, 4.69) is 31.1 Å². The van der Waals surface area contributed by atoms with Crippen molar-refractivity contribution < 1.29 is 20.1 Å². The zero-order valence-corrected chi connectivity index (χ0v) is 12.3. The van der Waals surface area contributed by atoms with Gasteiger partial charge in [-0.15, -0.1) is 0 Å². The summed E-state index contributed by atoms with van der Waals surface area (Å²) in [5, 5.41) is 33.8. The second-order valence-electron chi connectivity index (χ2n) is 4.63. The predicted octanol–water partition coefficient (Wildman–Crippen LogP) is -2.46. The Morgan fingerprint density at radius 3 is 2.75 bits per heavy atom. The van der Waals surface area contributed by atoms with E-state index in [1.807, 2.05) is 0 Å². The molecule has 1 unspecified atom stereocenters. The fourth-order valence-electron chi connectivity index (χ4n) is 2.27. The fraction of sp³-hybridized carbons (Fsp3) is 0.545. The van der Waals surface area contributed by atoms with Crippen LogP contribution in [0.4, 0.5) is 0 Å². The van der Waals surface area contributed by atoms with E-state index in [1.165, 1.54) is 4.68 Å². The third-order valence-electron chi connectivity index (χ3n) is 3.29. The molecule has 1 aliphatic rings. The van der Waals surface area contributed by atoms with Crippen LogP contribution in [-0.4, -0.2) is 76.0 Å². The van der Waals surface area contributed by atoms with Crippen molar-refractivity contribution in [2.75, 3.05) is 6.61 Å². The Morgan fingerprint density at radius 1 is 1.35 bits per heavy atom. The number of fused-ring (bicyclic) bond motifs is 1. The van der Waals surface area contributed by atoms with Crippen LogP contribution in [0.5, 0.6) is 0 Å². The SMILES string of the molecule is Cc1nc([Se])c2cnn(C3O[C@H](CO)[C@@H](O)[C@H]3O)c2n1. The van der Waals surface area contributed by atoms with Gasteiger partial charge in [-0.25, -0.2) is 0 Å². The summed E-state index contributed by atoms with van der Waals surface area (Å²) in [5.74, 6) is 0.555. The van der Waals surface area contributed by atoms with Crippen molar-refractivity contribution in [2.45, 2.75) is 31.5 Å². The summed E-state index contributed by atoms with van der Waals surface area (Å²) < 4.78 is 7.50. The fourth-order valence-corrected chi connectivity index (χ4v) is 2.85. The Kier molecular flexibility index (Phi) is 3.49. The molecular formula is C11H13N4O4Se. The average molecular weight is 344 g/mol. The summed E-state index contributed by atoms with van der Waals surface area (Å²) >= 11 is 2.83. The maximum atomic E-state index is 10.0. The van der Waals surface area contributed by atoms with E-state index in [1.54, 1.807) is 13.1 Å². The van der Waals surface area contributed by atoms with Gasteiger partial charge < -0.3 is 0 Å². The van der Waals surface area contributed by atoms with Gasteiger partial charge in [0, 0.05) is 0 Å². The van der Waals surface area contributed by atoms with Gasteiger partial charge in [0.15, 0.2) is 0 Å². The van der Waals surface area contributed by atoms with E-state index in [-0.39, 0.29) is 6.61 Å². The van der Waals surface area contributed by atoms with Gasteiger partial charge in [0.2, 0.25) is 0 Å². The number of aliphatic hydroxyl groups excluding tert-OH is 3. The molecule has 0 aromatic carbocycles. The van der Waals surface area contributed by atoms with E-state index in [9.17, 15) is 10.2 Å². The first-order valence-electron chi connectivity index (χ1n) is 6.04. The van der Waals surface area contributed by atoms with Crippen LogP contribution in [-0.2, 0) is 4.74 Å². The molecule has 2 aromatic rings. The molecule has 0 bridgehead atoms.